The summed E-state index contributed by atoms with van der Waals surface area (Å²) in [4.78, 5) is 0. The van der Waals surface area contributed by atoms with Gasteiger partial charge in [-0.15, -0.1) is 0 Å². The van der Waals surface area contributed by atoms with Crippen LogP contribution in [0.25, 0.3) is 0 Å². The van der Waals surface area contributed by atoms with Crippen LogP contribution in [0.1, 0.15) is 0 Å². The molecule has 0 saturated heterocycles. The van der Waals surface area contributed by atoms with Crippen LogP contribution in [0.5, 0.6) is 0 Å². The second-order valence-electron chi connectivity index (χ2n) is 1.78. The summed E-state index contributed by atoms with van der Waals surface area (Å²) in [6.07, 6.45) is 0. The van der Waals surface area contributed by atoms with E-state index in [-0.39, 0.29) is 0 Å². The lowest BCUT2D eigenvalue weighted by Crippen LogP contribution is -2.50. The Balaban J connectivity index is 3.10. The first-order chi connectivity index (χ1) is 4.32. The molecule has 0 aliphatic heterocycles. The van der Waals surface area contributed by atoms with E-state index in [0.29, 0.717) is 0 Å². The Morgan fingerprint density at radius 2 is 1.00 bits per heavy atom. The summed E-state index contributed by atoms with van der Waals surface area (Å²) in [5.41, 5.74) is 0. The molecular weight excluding hydrogens is 284 g/mol. The average Bonchev–Trinajstić information content (AvgIpc) is 1.84. The molecule has 0 aromatic rings. The first-order valence-electron chi connectivity index (χ1n) is 2.13. The summed E-state index contributed by atoms with van der Waals surface area (Å²) in [6.45, 7) is 0. The van der Waals surface area contributed by atoms with Crippen molar-refractivity contribution in [2.45, 2.75) is 11.8 Å². The molecule has 0 N–H and O–H groups in total. The fraction of sp³-hybridized carbons (Fsp3) is 0.500. The molecule has 0 spiro atoms. The second-order valence-corrected chi connectivity index (χ2v) is 3.36. The number of allylic oxidation sites excluding steroid dienone is 2. The lowest BCUT2D eigenvalue weighted by molar-refractivity contribution is -0.174. The molecule has 0 heterocycles. The molecule has 0 radical (unpaired) electrons. The molecule has 1 aliphatic rings. The summed E-state index contributed by atoms with van der Waals surface area (Å²) in [5, 5.41) is 0. The van der Waals surface area contributed by atoms with E-state index < -0.39 is 20.8 Å². The average molecular weight is 284 g/mol. The van der Waals surface area contributed by atoms with Crippen molar-refractivity contribution in [1.29, 1.82) is 0 Å². The Labute approximate surface area is 70.5 Å². The molecule has 0 fully saturated rings. The SMILES string of the molecule is FC1(F)C(Br)=C(Br)C1(F)F. The van der Waals surface area contributed by atoms with E-state index in [1.807, 2.05) is 0 Å². The molecule has 0 amide bonds. The van der Waals surface area contributed by atoms with Crippen molar-refractivity contribution in [2.24, 2.45) is 0 Å². The van der Waals surface area contributed by atoms with Gasteiger partial charge in [-0.05, 0) is 31.9 Å². The molecule has 10 heavy (non-hydrogen) atoms. The monoisotopic (exact) mass is 282 g/mol. The van der Waals surface area contributed by atoms with E-state index >= 15 is 0 Å². The predicted molar refractivity (Wildman–Crippen MR) is 34.8 cm³/mol. The van der Waals surface area contributed by atoms with Crippen LogP contribution < -0.4 is 0 Å². The van der Waals surface area contributed by atoms with E-state index in [4.69, 9.17) is 0 Å². The lowest BCUT2D eigenvalue weighted by Gasteiger charge is -2.35. The minimum absolute atomic E-state index is 0.773. The van der Waals surface area contributed by atoms with Gasteiger partial charge in [0.05, 0.1) is 8.96 Å². The number of hydrogen-bond acceptors (Lipinski definition) is 0. The van der Waals surface area contributed by atoms with Crippen LogP contribution in [0.2, 0.25) is 0 Å². The highest BCUT2D eigenvalue weighted by atomic mass is 79.9. The predicted octanol–water partition coefficient (Wildman–Crippen LogP) is 3.27. The first-order valence-corrected chi connectivity index (χ1v) is 3.72. The normalized spacial score (nSPS) is 28.2. The number of alkyl halides is 4. The largest absolute Gasteiger partial charge is 0.347 e. The summed E-state index contributed by atoms with van der Waals surface area (Å²) in [6, 6.07) is 0. The van der Waals surface area contributed by atoms with Crippen LogP contribution in [0.4, 0.5) is 17.6 Å². The molecule has 0 atom stereocenters. The third-order valence-electron chi connectivity index (χ3n) is 1.14. The molecule has 58 valence electrons. The highest BCUT2D eigenvalue weighted by Gasteiger charge is 2.70. The molecule has 0 aromatic heterocycles. The molecule has 1 aliphatic carbocycles. The maximum Gasteiger partial charge on any atom is 0.347 e. The molecular formula is C4Br2F4. The van der Waals surface area contributed by atoms with Gasteiger partial charge >= 0.3 is 11.8 Å². The highest BCUT2D eigenvalue weighted by molar-refractivity contribution is 9.14. The highest BCUT2D eigenvalue weighted by Crippen LogP contribution is 2.59. The number of halogens is 6. The third-order valence-corrected chi connectivity index (χ3v) is 3.46. The van der Waals surface area contributed by atoms with Crippen LogP contribution in [0.3, 0.4) is 0 Å². The Kier molecular flexibility index (Phi) is 1.68. The van der Waals surface area contributed by atoms with Crippen LogP contribution in [-0.2, 0) is 0 Å². The van der Waals surface area contributed by atoms with Gasteiger partial charge in [0.2, 0.25) is 0 Å². The van der Waals surface area contributed by atoms with E-state index in [1.165, 1.54) is 0 Å². The molecule has 0 unspecified atom stereocenters. The van der Waals surface area contributed by atoms with Gasteiger partial charge in [-0.2, -0.15) is 17.6 Å². The van der Waals surface area contributed by atoms with Crippen molar-refractivity contribution in [3.8, 4) is 0 Å². The lowest BCUT2D eigenvalue weighted by atomic mass is 10.0. The third kappa shape index (κ3) is 0.717. The van der Waals surface area contributed by atoms with Crippen LogP contribution in [0, 0.1) is 0 Å². The molecule has 0 bridgehead atoms. The van der Waals surface area contributed by atoms with Gasteiger partial charge < -0.3 is 0 Å². The zero-order chi connectivity index (χ0) is 8.15. The standard InChI is InChI=1S/C4Br2F4/c5-1-2(6)4(9,10)3(1,7)8. The van der Waals surface area contributed by atoms with Gasteiger partial charge in [0.25, 0.3) is 0 Å². The Morgan fingerprint density at radius 3 is 1.10 bits per heavy atom. The molecule has 1 rings (SSSR count). The van der Waals surface area contributed by atoms with Gasteiger partial charge in [0.1, 0.15) is 0 Å². The van der Waals surface area contributed by atoms with E-state index in [0.717, 1.165) is 0 Å². The van der Waals surface area contributed by atoms with E-state index in [9.17, 15) is 17.6 Å². The van der Waals surface area contributed by atoms with Crippen LogP contribution in [-0.4, -0.2) is 11.8 Å². The topological polar surface area (TPSA) is 0 Å². The zero-order valence-corrected chi connectivity index (χ0v) is 7.44. The Morgan fingerprint density at radius 1 is 0.800 bits per heavy atom. The Hall–Kier alpha value is 0.420. The Bertz CT molecular complexity index is 185. The zero-order valence-electron chi connectivity index (χ0n) is 4.27. The smallest absolute Gasteiger partial charge is 0.193 e. The van der Waals surface area contributed by atoms with Crippen molar-refractivity contribution < 1.29 is 17.6 Å². The van der Waals surface area contributed by atoms with Crippen molar-refractivity contribution in [1.82, 2.24) is 0 Å². The van der Waals surface area contributed by atoms with E-state index in [2.05, 4.69) is 31.9 Å². The van der Waals surface area contributed by atoms with Gasteiger partial charge in [-0.25, -0.2) is 0 Å². The van der Waals surface area contributed by atoms with Gasteiger partial charge in [-0.1, -0.05) is 0 Å². The maximum atomic E-state index is 12.1. The number of rotatable bonds is 0. The molecule has 0 aromatic carbocycles. The summed E-state index contributed by atoms with van der Waals surface area (Å²) in [5.74, 6) is -8.07. The molecule has 0 saturated carbocycles. The molecule has 0 nitrogen and oxygen atoms in total. The van der Waals surface area contributed by atoms with Crippen molar-refractivity contribution in [2.75, 3.05) is 0 Å². The maximum absolute atomic E-state index is 12.1. The van der Waals surface area contributed by atoms with Gasteiger partial charge in [0.15, 0.2) is 0 Å². The number of hydrogen-bond donors (Lipinski definition) is 0. The molecule has 6 heteroatoms. The van der Waals surface area contributed by atoms with Crippen molar-refractivity contribution >= 4 is 31.9 Å². The quantitative estimate of drug-likeness (QED) is 0.599. The fourth-order valence-corrected chi connectivity index (χ4v) is 1.48. The van der Waals surface area contributed by atoms with Crippen molar-refractivity contribution in [3.05, 3.63) is 8.96 Å². The first kappa shape index (κ1) is 8.52. The van der Waals surface area contributed by atoms with Crippen LogP contribution in [0.15, 0.2) is 8.96 Å². The fourth-order valence-electron chi connectivity index (χ4n) is 0.489. The second kappa shape index (κ2) is 1.97. The summed E-state index contributed by atoms with van der Waals surface area (Å²) < 4.78 is 46.8. The minimum atomic E-state index is -4.04. The minimum Gasteiger partial charge on any atom is -0.193 e. The van der Waals surface area contributed by atoms with Crippen LogP contribution >= 0.6 is 31.9 Å². The van der Waals surface area contributed by atoms with Crippen molar-refractivity contribution in [3.63, 3.8) is 0 Å². The summed E-state index contributed by atoms with van der Waals surface area (Å²) >= 11 is 4.65. The van der Waals surface area contributed by atoms with E-state index in [1.54, 1.807) is 0 Å². The van der Waals surface area contributed by atoms with Gasteiger partial charge in [0, 0.05) is 0 Å². The van der Waals surface area contributed by atoms with Gasteiger partial charge in [-0.3, -0.25) is 0 Å². The summed E-state index contributed by atoms with van der Waals surface area (Å²) in [7, 11) is 0.